The van der Waals surface area contributed by atoms with E-state index in [9.17, 15) is 0 Å². The van der Waals surface area contributed by atoms with E-state index in [1.54, 1.807) is 6.20 Å². The maximum Gasteiger partial charge on any atom is 0.147 e. The molecular formula is C13H11Br2ClN2. The summed E-state index contributed by atoms with van der Waals surface area (Å²) in [6.45, 7) is 0.766. The van der Waals surface area contributed by atoms with Gasteiger partial charge in [-0.25, -0.2) is 4.98 Å². The first kappa shape index (κ1) is 13.8. The van der Waals surface area contributed by atoms with E-state index >= 15 is 0 Å². The third kappa shape index (κ3) is 3.46. The Balaban J connectivity index is 2.16. The first-order valence-corrected chi connectivity index (χ1v) is 7.29. The highest BCUT2D eigenvalue weighted by Crippen LogP contribution is 2.26. The number of pyridine rings is 1. The van der Waals surface area contributed by atoms with Gasteiger partial charge in [-0.3, -0.25) is 0 Å². The molecule has 0 bridgehead atoms. The van der Waals surface area contributed by atoms with Gasteiger partial charge >= 0.3 is 0 Å². The second kappa shape index (κ2) is 6.04. The van der Waals surface area contributed by atoms with Crippen molar-refractivity contribution in [2.75, 3.05) is 11.9 Å². The quantitative estimate of drug-likeness (QED) is 0.741. The van der Waals surface area contributed by atoms with Crippen molar-refractivity contribution in [3.63, 3.8) is 0 Å². The number of halogens is 3. The number of nitrogens with zero attached hydrogens (tertiary/aromatic N) is 2. The van der Waals surface area contributed by atoms with Gasteiger partial charge in [-0.2, -0.15) is 0 Å². The maximum absolute atomic E-state index is 6.17. The predicted octanol–water partition coefficient (Wildman–Crippen LogP) is 4.90. The van der Waals surface area contributed by atoms with E-state index in [1.165, 1.54) is 5.56 Å². The van der Waals surface area contributed by atoms with Crippen LogP contribution in [0.25, 0.3) is 0 Å². The SMILES string of the molecule is CN(Cc1ccc(Br)cc1)c1ncc(Br)cc1Cl. The first-order valence-electron chi connectivity index (χ1n) is 5.33. The fraction of sp³-hybridized carbons (Fsp3) is 0.154. The molecule has 2 nitrogen and oxygen atoms in total. The minimum Gasteiger partial charge on any atom is -0.354 e. The second-order valence-corrected chi connectivity index (χ2v) is 6.18. The molecule has 0 aliphatic carbocycles. The van der Waals surface area contributed by atoms with Crippen LogP contribution in [0.15, 0.2) is 45.5 Å². The number of benzene rings is 1. The minimum atomic E-state index is 0.643. The van der Waals surface area contributed by atoms with E-state index in [-0.39, 0.29) is 0 Å². The van der Waals surface area contributed by atoms with Crippen molar-refractivity contribution in [3.8, 4) is 0 Å². The van der Waals surface area contributed by atoms with Gasteiger partial charge in [0.05, 0.1) is 5.02 Å². The molecule has 94 valence electrons. The van der Waals surface area contributed by atoms with Gasteiger partial charge in [0.1, 0.15) is 5.82 Å². The van der Waals surface area contributed by atoms with E-state index in [2.05, 4.69) is 49.0 Å². The van der Waals surface area contributed by atoms with Crippen LogP contribution in [0.4, 0.5) is 5.82 Å². The van der Waals surface area contributed by atoms with Gasteiger partial charge in [-0.05, 0) is 39.7 Å². The van der Waals surface area contributed by atoms with E-state index in [0.717, 1.165) is 21.3 Å². The molecule has 0 unspecified atom stereocenters. The maximum atomic E-state index is 6.17. The highest BCUT2D eigenvalue weighted by atomic mass is 79.9. The molecule has 0 radical (unpaired) electrons. The Morgan fingerprint density at radius 1 is 1.17 bits per heavy atom. The Kier molecular flexibility index (Phi) is 4.65. The zero-order valence-corrected chi connectivity index (χ0v) is 13.6. The number of hydrogen-bond donors (Lipinski definition) is 0. The molecule has 18 heavy (non-hydrogen) atoms. The Morgan fingerprint density at radius 3 is 2.44 bits per heavy atom. The molecule has 0 aliphatic heterocycles. The van der Waals surface area contributed by atoms with E-state index in [1.807, 2.05) is 30.1 Å². The summed E-state index contributed by atoms with van der Waals surface area (Å²) >= 11 is 12.9. The van der Waals surface area contributed by atoms with Gasteiger partial charge in [0.15, 0.2) is 0 Å². The Bertz CT molecular complexity index is 543. The number of aromatic nitrogens is 1. The van der Waals surface area contributed by atoms with Crippen LogP contribution in [0.5, 0.6) is 0 Å². The third-order valence-corrected chi connectivity index (χ3v) is 3.72. The van der Waals surface area contributed by atoms with Crippen molar-refractivity contribution in [3.05, 3.63) is 56.1 Å². The molecule has 0 saturated carbocycles. The number of anilines is 1. The van der Waals surface area contributed by atoms with Crippen LogP contribution in [-0.2, 0) is 6.54 Å². The van der Waals surface area contributed by atoms with Gasteiger partial charge in [-0.15, -0.1) is 0 Å². The fourth-order valence-electron chi connectivity index (χ4n) is 1.63. The molecule has 0 aliphatic rings. The first-order chi connectivity index (χ1) is 8.56. The van der Waals surface area contributed by atoms with E-state index in [4.69, 9.17) is 11.6 Å². The largest absolute Gasteiger partial charge is 0.354 e. The molecule has 1 aromatic carbocycles. The van der Waals surface area contributed by atoms with Gasteiger partial charge in [0.25, 0.3) is 0 Å². The average Bonchev–Trinajstić information content (AvgIpc) is 2.32. The van der Waals surface area contributed by atoms with Crippen molar-refractivity contribution in [1.29, 1.82) is 0 Å². The van der Waals surface area contributed by atoms with Crippen LogP contribution in [0.3, 0.4) is 0 Å². The summed E-state index contributed by atoms with van der Waals surface area (Å²) in [7, 11) is 1.98. The molecule has 0 saturated heterocycles. The van der Waals surface area contributed by atoms with Crippen LogP contribution in [0.2, 0.25) is 5.02 Å². The van der Waals surface area contributed by atoms with Gasteiger partial charge in [0, 0.05) is 28.7 Å². The Morgan fingerprint density at radius 2 is 1.83 bits per heavy atom. The molecule has 5 heteroatoms. The predicted molar refractivity (Wildman–Crippen MR) is 83.2 cm³/mol. The standard InChI is InChI=1S/C13H11Br2ClN2/c1-18(8-9-2-4-10(14)5-3-9)13-12(16)6-11(15)7-17-13/h2-7H,8H2,1H3. The summed E-state index contributed by atoms with van der Waals surface area (Å²) in [5.74, 6) is 0.780. The Hall–Kier alpha value is -0.580. The summed E-state index contributed by atoms with van der Waals surface area (Å²) in [6.07, 6.45) is 1.75. The highest BCUT2D eigenvalue weighted by Gasteiger charge is 2.08. The van der Waals surface area contributed by atoms with Crippen LogP contribution >= 0.6 is 43.5 Å². The van der Waals surface area contributed by atoms with Crippen molar-refractivity contribution in [1.82, 2.24) is 4.98 Å². The molecule has 0 atom stereocenters. The van der Waals surface area contributed by atoms with Crippen molar-refractivity contribution in [2.45, 2.75) is 6.54 Å². The van der Waals surface area contributed by atoms with Gasteiger partial charge in [0.2, 0.25) is 0 Å². The molecule has 0 spiro atoms. The molecule has 0 fully saturated rings. The Labute approximate surface area is 128 Å². The lowest BCUT2D eigenvalue weighted by Gasteiger charge is -2.19. The lowest BCUT2D eigenvalue weighted by molar-refractivity contribution is 0.897. The minimum absolute atomic E-state index is 0.643. The molecule has 1 aromatic heterocycles. The van der Waals surface area contributed by atoms with E-state index in [0.29, 0.717) is 5.02 Å². The second-order valence-electron chi connectivity index (χ2n) is 3.94. The topological polar surface area (TPSA) is 16.1 Å². The summed E-state index contributed by atoms with van der Waals surface area (Å²) in [5, 5.41) is 0.643. The van der Waals surface area contributed by atoms with Crippen LogP contribution in [0.1, 0.15) is 5.56 Å². The zero-order valence-electron chi connectivity index (χ0n) is 9.70. The van der Waals surface area contributed by atoms with Crippen molar-refractivity contribution >= 4 is 49.3 Å². The number of rotatable bonds is 3. The molecule has 2 aromatic rings. The van der Waals surface area contributed by atoms with Crippen LogP contribution in [0, 0.1) is 0 Å². The molecule has 2 rings (SSSR count). The van der Waals surface area contributed by atoms with Gasteiger partial charge in [-0.1, -0.05) is 39.7 Å². The van der Waals surface area contributed by atoms with E-state index < -0.39 is 0 Å². The monoisotopic (exact) mass is 388 g/mol. The number of hydrogen-bond acceptors (Lipinski definition) is 2. The zero-order chi connectivity index (χ0) is 13.1. The van der Waals surface area contributed by atoms with Crippen molar-refractivity contribution < 1.29 is 0 Å². The lowest BCUT2D eigenvalue weighted by atomic mass is 10.2. The smallest absolute Gasteiger partial charge is 0.147 e. The normalized spacial score (nSPS) is 10.4. The van der Waals surface area contributed by atoms with Crippen LogP contribution in [-0.4, -0.2) is 12.0 Å². The van der Waals surface area contributed by atoms with Gasteiger partial charge < -0.3 is 4.90 Å². The van der Waals surface area contributed by atoms with Crippen LogP contribution < -0.4 is 4.90 Å². The summed E-state index contributed by atoms with van der Waals surface area (Å²) in [4.78, 5) is 6.36. The average molecular weight is 391 g/mol. The van der Waals surface area contributed by atoms with Crippen molar-refractivity contribution in [2.24, 2.45) is 0 Å². The molecule has 0 N–H and O–H groups in total. The summed E-state index contributed by atoms with van der Waals surface area (Å²) < 4.78 is 1.96. The molecule has 1 heterocycles. The fourth-order valence-corrected chi connectivity index (χ4v) is 2.66. The third-order valence-electron chi connectivity index (χ3n) is 2.48. The summed E-state index contributed by atoms with van der Waals surface area (Å²) in [5.41, 5.74) is 1.21. The summed E-state index contributed by atoms with van der Waals surface area (Å²) in [6, 6.07) is 10.1. The lowest BCUT2D eigenvalue weighted by Crippen LogP contribution is -2.18. The highest BCUT2D eigenvalue weighted by molar-refractivity contribution is 9.10. The molecular weight excluding hydrogens is 379 g/mol. The molecule has 0 amide bonds.